The maximum atomic E-state index is 5.16. The van der Waals surface area contributed by atoms with Gasteiger partial charge in [-0.3, -0.25) is 0 Å². The third-order valence-corrected chi connectivity index (χ3v) is 9.74. The van der Waals surface area contributed by atoms with Crippen LogP contribution in [0.1, 0.15) is 0 Å². The molecule has 0 unspecified atom stereocenters. The van der Waals surface area contributed by atoms with Crippen molar-refractivity contribution in [2.24, 2.45) is 0 Å². The monoisotopic (exact) mass is 611 g/mol. The Kier molecular flexibility index (Phi) is 5.87. The highest BCUT2D eigenvalue weighted by molar-refractivity contribution is 6.16. The molecule has 0 atom stereocenters. The molecule has 0 spiro atoms. The first-order valence-electron chi connectivity index (χ1n) is 16.4. The largest absolute Gasteiger partial charge is 0.316 e. The van der Waals surface area contributed by atoms with E-state index in [1.807, 2.05) is 0 Å². The van der Waals surface area contributed by atoms with E-state index in [1.54, 1.807) is 0 Å². The summed E-state index contributed by atoms with van der Waals surface area (Å²) in [6.07, 6.45) is 4.35. The topological polar surface area (TPSA) is 22.8 Å². The van der Waals surface area contributed by atoms with E-state index in [2.05, 4.69) is 185 Å². The van der Waals surface area contributed by atoms with Gasteiger partial charge in [-0.05, 0) is 81.4 Å². The van der Waals surface area contributed by atoms with Gasteiger partial charge in [0.25, 0.3) is 0 Å². The predicted molar refractivity (Wildman–Crippen MR) is 201 cm³/mol. The lowest BCUT2D eigenvalue weighted by Crippen LogP contribution is -1.98. The molecular formula is C45H29N3. The third-order valence-electron chi connectivity index (χ3n) is 9.74. The molecule has 0 aliphatic heterocycles. The van der Waals surface area contributed by atoms with Crippen LogP contribution in [0.5, 0.6) is 0 Å². The van der Waals surface area contributed by atoms with Crippen molar-refractivity contribution in [3.8, 4) is 33.6 Å². The quantitative estimate of drug-likeness (QED) is 0.143. The summed E-state index contributed by atoms with van der Waals surface area (Å²) in [6.45, 7) is 0. The van der Waals surface area contributed by atoms with Crippen LogP contribution in [0.4, 0.5) is 0 Å². The standard InChI is InChI=1S/C45H29N3/c1-4-12-38-31(9-1)21-22-40-44(39-13-5-6-14-41(39)46-45(38)40)34-19-17-30(18-20-34)35-27-36(47-25-23-32-10-2-7-15-42(32)47)29-37(28-35)48-26-24-33-11-3-8-16-43(33)48/h1-29H. The minimum atomic E-state index is 1.01. The van der Waals surface area contributed by atoms with Crippen LogP contribution in [0.25, 0.3) is 88.0 Å². The molecule has 3 heterocycles. The molecule has 0 bridgehead atoms. The van der Waals surface area contributed by atoms with Gasteiger partial charge in [0, 0.05) is 45.5 Å². The highest BCUT2D eigenvalue weighted by atomic mass is 15.0. The van der Waals surface area contributed by atoms with Crippen molar-refractivity contribution in [3.05, 3.63) is 176 Å². The van der Waals surface area contributed by atoms with Crippen molar-refractivity contribution >= 4 is 54.4 Å². The number of pyridine rings is 1. The summed E-state index contributed by atoms with van der Waals surface area (Å²) in [5, 5.41) is 7.17. The highest BCUT2D eigenvalue weighted by Crippen LogP contribution is 2.39. The molecule has 3 heteroatoms. The summed E-state index contributed by atoms with van der Waals surface area (Å²) in [5.74, 6) is 0. The normalized spacial score (nSPS) is 11.8. The van der Waals surface area contributed by atoms with Crippen LogP contribution in [0.15, 0.2) is 176 Å². The molecule has 0 fully saturated rings. The van der Waals surface area contributed by atoms with Gasteiger partial charge in [0.15, 0.2) is 0 Å². The molecule has 0 saturated heterocycles. The van der Waals surface area contributed by atoms with Crippen LogP contribution >= 0.6 is 0 Å². The zero-order chi connectivity index (χ0) is 31.6. The molecule has 10 rings (SSSR count). The zero-order valence-electron chi connectivity index (χ0n) is 26.1. The number of aromatic nitrogens is 3. The Bertz CT molecular complexity index is 2740. The molecule has 3 aromatic heterocycles. The summed E-state index contributed by atoms with van der Waals surface area (Å²) < 4.78 is 4.59. The lowest BCUT2D eigenvalue weighted by molar-refractivity contribution is 1.09. The number of rotatable bonds is 4. The van der Waals surface area contributed by atoms with Gasteiger partial charge in [0.05, 0.1) is 22.1 Å². The summed E-state index contributed by atoms with van der Waals surface area (Å²) in [5.41, 5.74) is 11.4. The Morgan fingerprint density at radius 1 is 0.375 bits per heavy atom. The van der Waals surface area contributed by atoms with Crippen molar-refractivity contribution in [2.45, 2.75) is 0 Å². The van der Waals surface area contributed by atoms with Gasteiger partial charge in [0.2, 0.25) is 0 Å². The fourth-order valence-electron chi connectivity index (χ4n) is 7.42. The minimum absolute atomic E-state index is 1.01. The van der Waals surface area contributed by atoms with E-state index in [0.29, 0.717) is 0 Å². The van der Waals surface area contributed by atoms with E-state index >= 15 is 0 Å². The Morgan fingerprint density at radius 2 is 0.938 bits per heavy atom. The number of hydrogen-bond acceptors (Lipinski definition) is 1. The second-order valence-electron chi connectivity index (χ2n) is 12.5. The lowest BCUT2D eigenvalue weighted by atomic mass is 9.93. The van der Waals surface area contributed by atoms with E-state index < -0.39 is 0 Å². The SMILES string of the molecule is c1ccc2c(c1)ccc1c(-c3ccc(-c4cc(-n5ccc6ccccc65)cc(-n5ccc6ccccc65)c4)cc3)c3ccccc3nc12. The molecule has 0 aliphatic rings. The molecule has 0 saturated carbocycles. The van der Waals surface area contributed by atoms with Gasteiger partial charge in [-0.2, -0.15) is 0 Å². The van der Waals surface area contributed by atoms with Crippen LogP contribution in [0.2, 0.25) is 0 Å². The van der Waals surface area contributed by atoms with Gasteiger partial charge in [-0.25, -0.2) is 4.98 Å². The first kappa shape index (κ1) is 26.7. The van der Waals surface area contributed by atoms with E-state index in [0.717, 1.165) is 27.8 Å². The summed E-state index contributed by atoms with van der Waals surface area (Å²) >= 11 is 0. The van der Waals surface area contributed by atoms with E-state index in [1.165, 1.54) is 60.2 Å². The Labute approximate surface area is 277 Å². The second-order valence-corrected chi connectivity index (χ2v) is 12.5. The maximum absolute atomic E-state index is 5.16. The van der Waals surface area contributed by atoms with Gasteiger partial charge in [-0.15, -0.1) is 0 Å². The Balaban J connectivity index is 1.16. The third kappa shape index (κ3) is 4.18. The Hall–Kier alpha value is -6.45. The smallest absolute Gasteiger partial charge is 0.0794 e. The number of hydrogen-bond donors (Lipinski definition) is 0. The summed E-state index contributed by atoms with van der Waals surface area (Å²) in [7, 11) is 0. The number of para-hydroxylation sites is 3. The van der Waals surface area contributed by atoms with Crippen LogP contribution in [0, 0.1) is 0 Å². The van der Waals surface area contributed by atoms with E-state index in [-0.39, 0.29) is 0 Å². The molecule has 0 amide bonds. The summed E-state index contributed by atoms with van der Waals surface area (Å²) in [4.78, 5) is 5.16. The molecule has 0 N–H and O–H groups in total. The van der Waals surface area contributed by atoms with Crippen LogP contribution in [-0.2, 0) is 0 Å². The highest BCUT2D eigenvalue weighted by Gasteiger charge is 2.15. The average molecular weight is 612 g/mol. The first-order chi connectivity index (χ1) is 23.8. The van der Waals surface area contributed by atoms with Crippen LogP contribution in [-0.4, -0.2) is 14.1 Å². The van der Waals surface area contributed by atoms with Gasteiger partial charge >= 0.3 is 0 Å². The first-order valence-corrected chi connectivity index (χ1v) is 16.4. The number of benzene rings is 7. The fourth-order valence-corrected chi connectivity index (χ4v) is 7.42. The molecule has 3 nitrogen and oxygen atoms in total. The van der Waals surface area contributed by atoms with Gasteiger partial charge in [0.1, 0.15) is 0 Å². The van der Waals surface area contributed by atoms with Crippen molar-refractivity contribution in [2.75, 3.05) is 0 Å². The maximum Gasteiger partial charge on any atom is 0.0794 e. The van der Waals surface area contributed by atoms with Gasteiger partial charge in [-0.1, -0.05) is 115 Å². The van der Waals surface area contributed by atoms with Crippen molar-refractivity contribution in [1.82, 2.24) is 14.1 Å². The van der Waals surface area contributed by atoms with E-state index in [9.17, 15) is 0 Å². The minimum Gasteiger partial charge on any atom is -0.316 e. The van der Waals surface area contributed by atoms with Gasteiger partial charge < -0.3 is 9.13 Å². The molecule has 0 radical (unpaired) electrons. The molecule has 10 aromatic rings. The van der Waals surface area contributed by atoms with E-state index in [4.69, 9.17) is 4.98 Å². The summed E-state index contributed by atoms with van der Waals surface area (Å²) in [6, 6.07) is 59.0. The molecular weight excluding hydrogens is 583 g/mol. The van der Waals surface area contributed by atoms with Crippen molar-refractivity contribution < 1.29 is 0 Å². The molecule has 48 heavy (non-hydrogen) atoms. The van der Waals surface area contributed by atoms with Crippen LogP contribution < -0.4 is 0 Å². The zero-order valence-corrected chi connectivity index (χ0v) is 26.1. The molecule has 224 valence electrons. The predicted octanol–water partition coefficient (Wildman–Crippen LogP) is 11.8. The van der Waals surface area contributed by atoms with Crippen LogP contribution in [0.3, 0.4) is 0 Å². The fraction of sp³-hybridized carbons (Fsp3) is 0. The average Bonchev–Trinajstić information content (AvgIpc) is 3.79. The number of nitrogens with zero attached hydrogens (tertiary/aromatic N) is 3. The van der Waals surface area contributed by atoms with Crippen molar-refractivity contribution in [1.29, 1.82) is 0 Å². The molecule has 0 aliphatic carbocycles. The molecule has 7 aromatic carbocycles. The Morgan fingerprint density at radius 3 is 1.62 bits per heavy atom. The van der Waals surface area contributed by atoms with Crippen molar-refractivity contribution in [3.63, 3.8) is 0 Å². The number of fused-ring (bicyclic) bond motifs is 6. The lowest BCUT2D eigenvalue weighted by Gasteiger charge is -2.15. The second kappa shape index (κ2) is 10.5.